The van der Waals surface area contributed by atoms with E-state index in [-0.39, 0.29) is 0 Å². The smallest absolute Gasteiger partial charge is 0.168 e. The van der Waals surface area contributed by atoms with Crippen LogP contribution in [0.1, 0.15) is 0 Å². The predicted molar refractivity (Wildman–Crippen MR) is 67.6 cm³/mol. The lowest BCUT2D eigenvalue weighted by Crippen LogP contribution is -1.93. The quantitative estimate of drug-likeness (QED) is 0.631. The van der Waals surface area contributed by atoms with Crippen molar-refractivity contribution in [1.82, 2.24) is 4.98 Å². The summed E-state index contributed by atoms with van der Waals surface area (Å²) in [5.74, 6) is 1.50. The van der Waals surface area contributed by atoms with Gasteiger partial charge in [-0.1, -0.05) is 0 Å². The maximum Gasteiger partial charge on any atom is 0.168 e. The highest BCUT2D eigenvalue weighted by Gasteiger charge is 2.10. The van der Waals surface area contributed by atoms with Crippen LogP contribution in [0.25, 0.3) is 10.8 Å². The molecule has 4 heteroatoms. The lowest BCUT2D eigenvalue weighted by molar-refractivity contribution is 0.358. The zero-order chi connectivity index (χ0) is 10.8. The monoisotopic (exact) mass is 315 g/mol. The number of aromatic nitrogens is 1. The van der Waals surface area contributed by atoms with Gasteiger partial charge in [0.05, 0.1) is 14.2 Å². The van der Waals surface area contributed by atoms with E-state index in [0.29, 0.717) is 0 Å². The number of hydrogen-bond acceptors (Lipinski definition) is 3. The number of fused-ring (bicyclic) bond motifs is 1. The van der Waals surface area contributed by atoms with Crippen molar-refractivity contribution >= 4 is 33.4 Å². The van der Waals surface area contributed by atoms with Gasteiger partial charge in [-0.25, -0.2) is 4.98 Å². The van der Waals surface area contributed by atoms with Crippen LogP contribution in [0.15, 0.2) is 24.4 Å². The molecule has 0 aliphatic carbocycles. The van der Waals surface area contributed by atoms with Crippen LogP contribution in [0.2, 0.25) is 0 Å². The molecule has 0 atom stereocenters. The Labute approximate surface area is 102 Å². The maximum absolute atomic E-state index is 5.35. The van der Waals surface area contributed by atoms with Crippen molar-refractivity contribution in [3.63, 3.8) is 0 Å². The summed E-state index contributed by atoms with van der Waals surface area (Å²) in [4.78, 5) is 4.23. The molecule has 78 valence electrons. The Morgan fingerprint density at radius 3 is 2.53 bits per heavy atom. The Morgan fingerprint density at radius 2 is 1.87 bits per heavy atom. The minimum absolute atomic E-state index is 0.743. The van der Waals surface area contributed by atoms with Crippen molar-refractivity contribution < 1.29 is 9.47 Å². The molecule has 0 saturated carbocycles. The molecule has 0 unspecified atom stereocenters. The van der Waals surface area contributed by atoms with Crippen LogP contribution >= 0.6 is 22.6 Å². The third-order valence-electron chi connectivity index (χ3n) is 2.24. The Balaban J connectivity index is 2.82. The van der Waals surface area contributed by atoms with Gasteiger partial charge in [-0.15, -0.1) is 0 Å². The van der Waals surface area contributed by atoms with E-state index < -0.39 is 0 Å². The number of benzene rings is 1. The minimum atomic E-state index is 0.743. The molecule has 1 aromatic heterocycles. The van der Waals surface area contributed by atoms with Gasteiger partial charge in [-0.3, -0.25) is 0 Å². The summed E-state index contributed by atoms with van der Waals surface area (Å²) in [6.07, 6.45) is 1.77. The molecule has 0 amide bonds. The number of ether oxygens (including phenoxy) is 2. The van der Waals surface area contributed by atoms with Crippen LogP contribution in [-0.2, 0) is 0 Å². The van der Waals surface area contributed by atoms with Crippen LogP contribution in [0.4, 0.5) is 0 Å². The number of rotatable bonds is 2. The van der Waals surface area contributed by atoms with Crippen molar-refractivity contribution in [1.29, 1.82) is 0 Å². The first-order chi connectivity index (χ1) is 7.27. The van der Waals surface area contributed by atoms with Crippen molar-refractivity contribution in [2.45, 2.75) is 0 Å². The van der Waals surface area contributed by atoms with Gasteiger partial charge in [-0.2, -0.15) is 0 Å². The van der Waals surface area contributed by atoms with Crippen molar-refractivity contribution in [3.8, 4) is 11.5 Å². The van der Waals surface area contributed by atoms with Gasteiger partial charge < -0.3 is 9.47 Å². The van der Waals surface area contributed by atoms with Crippen LogP contribution < -0.4 is 9.47 Å². The van der Waals surface area contributed by atoms with E-state index in [1.165, 1.54) is 0 Å². The van der Waals surface area contributed by atoms with E-state index in [1.807, 2.05) is 18.2 Å². The predicted octanol–water partition coefficient (Wildman–Crippen LogP) is 2.86. The van der Waals surface area contributed by atoms with Gasteiger partial charge in [0.15, 0.2) is 11.5 Å². The lowest BCUT2D eigenvalue weighted by atomic mass is 10.1. The summed E-state index contributed by atoms with van der Waals surface area (Å²) in [5.41, 5.74) is 0. The molecular weight excluding hydrogens is 305 g/mol. The molecule has 0 radical (unpaired) electrons. The third-order valence-corrected chi connectivity index (χ3v) is 3.09. The van der Waals surface area contributed by atoms with Crippen molar-refractivity contribution in [2.75, 3.05) is 14.2 Å². The molecule has 1 heterocycles. The van der Waals surface area contributed by atoms with E-state index in [9.17, 15) is 0 Å². The fraction of sp³-hybridized carbons (Fsp3) is 0.182. The molecule has 0 bridgehead atoms. The summed E-state index contributed by atoms with van der Waals surface area (Å²) < 4.78 is 11.5. The average molecular weight is 315 g/mol. The van der Waals surface area contributed by atoms with E-state index in [1.54, 1.807) is 20.4 Å². The van der Waals surface area contributed by atoms with E-state index in [0.717, 1.165) is 26.0 Å². The fourth-order valence-electron chi connectivity index (χ4n) is 1.54. The van der Waals surface area contributed by atoms with Crippen molar-refractivity contribution in [3.05, 3.63) is 28.1 Å². The van der Waals surface area contributed by atoms with E-state index in [4.69, 9.17) is 9.47 Å². The third kappa shape index (κ3) is 1.73. The largest absolute Gasteiger partial charge is 0.493 e. The summed E-state index contributed by atoms with van der Waals surface area (Å²) in [7, 11) is 3.28. The second kappa shape index (κ2) is 4.22. The highest BCUT2D eigenvalue weighted by atomic mass is 127. The summed E-state index contributed by atoms with van der Waals surface area (Å²) >= 11 is 2.21. The normalized spacial score (nSPS) is 10.3. The SMILES string of the molecule is COc1ccc2c(I)nccc2c1OC. The molecule has 3 nitrogen and oxygen atoms in total. The molecule has 1 aromatic carbocycles. The topological polar surface area (TPSA) is 31.4 Å². The van der Waals surface area contributed by atoms with Gasteiger partial charge in [0.1, 0.15) is 3.70 Å². The molecule has 0 spiro atoms. The second-order valence-electron chi connectivity index (χ2n) is 3.00. The van der Waals surface area contributed by atoms with Crippen LogP contribution in [0.5, 0.6) is 11.5 Å². The molecule has 2 rings (SSSR count). The number of nitrogens with zero attached hydrogens (tertiary/aromatic N) is 1. The lowest BCUT2D eigenvalue weighted by Gasteiger charge is -2.10. The average Bonchev–Trinajstić information content (AvgIpc) is 2.28. The molecule has 15 heavy (non-hydrogen) atoms. The minimum Gasteiger partial charge on any atom is -0.493 e. The van der Waals surface area contributed by atoms with Gasteiger partial charge >= 0.3 is 0 Å². The van der Waals surface area contributed by atoms with Gasteiger partial charge in [0.25, 0.3) is 0 Å². The molecule has 2 aromatic rings. The van der Waals surface area contributed by atoms with Crippen LogP contribution in [0.3, 0.4) is 0 Å². The van der Waals surface area contributed by atoms with E-state index in [2.05, 4.69) is 27.6 Å². The fourth-order valence-corrected chi connectivity index (χ4v) is 2.17. The van der Waals surface area contributed by atoms with Gasteiger partial charge in [-0.05, 0) is 40.8 Å². The standard InChI is InChI=1S/C11H10INO2/c1-14-9-4-3-8-7(10(9)15-2)5-6-13-11(8)12/h3-6H,1-2H3. The van der Waals surface area contributed by atoms with Gasteiger partial charge in [0, 0.05) is 17.0 Å². The summed E-state index contributed by atoms with van der Waals surface area (Å²) in [5, 5.41) is 2.10. The van der Waals surface area contributed by atoms with E-state index >= 15 is 0 Å². The van der Waals surface area contributed by atoms with Crippen LogP contribution in [-0.4, -0.2) is 19.2 Å². The van der Waals surface area contributed by atoms with Gasteiger partial charge in [0.2, 0.25) is 0 Å². The summed E-state index contributed by atoms with van der Waals surface area (Å²) in [6.45, 7) is 0. The van der Waals surface area contributed by atoms with Crippen LogP contribution in [0, 0.1) is 3.70 Å². The molecular formula is C11H10INO2. The first-order valence-corrected chi connectivity index (χ1v) is 5.51. The Kier molecular flexibility index (Phi) is 2.95. The number of halogens is 1. The molecule has 0 aliphatic heterocycles. The highest BCUT2D eigenvalue weighted by molar-refractivity contribution is 14.1. The highest BCUT2D eigenvalue weighted by Crippen LogP contribution is 2.36. The molecule has 0 fully saturated rings. The number of pyridine rings is 1. The van der Waals surface area contributed by atoms with Crippen molar-refractivity contribution in [2.24, 2.45) is 0 Å². The molecule has 0 aliphatic rings. The maximum atomic E-state index is 5.35. The zero-order valence-corrected chi connectivity index (χ0v) is 10.6. The number of methoxy groups -OCH3 is 2. The Bertz CT molecular complexity index is 499. The first kappa shape index (κ1) is 10.5. The first-order valence-electron chi connectivity index (χ1n) is 4.43. The molecule has 0 N–H and O–H groups in total. The second-order valence-corrected chi connectivity index (χ2v) is 4.02. The summed E-state index contributed by atoms with van der Waals surface area (Å²) in [6, 6.07) is 5.81. The Morgan fingerprint density at radius 1 is 1.07 bits per heavy atom. The Hall–Kier alpha value is -1.04. The zero-order valence-electron chi connectivity index (χ0n) is 8.45. The molecule has 0 saturated heterocycles. The number of hydrogen-bond donors (Lipinski definition) is 0.